The number of ether oxygens (including phenoxy) is 2. The predicted molar refractivity (Wildman–Crippen MR) is 152 cm³/mol. The largest absolute Gasteiger partial charge is 0.492 e. The van der Waals surface area contributed by atoms with Crippen LogP contribution in [0.5, 0.6) is 5.75 Å². The fraction of sp³-hybridized carbons (Fsp3) is 0.393. The standard InChI is InChI=1S/C28H32ClN5O3S/c1-2-37-24-6-4-3-5-23(24)32-11-13-34(14-12-32)27(35)22-9-7-21(8-10-22)20-38-28-30-25(29)19-26(31-28)33-15-17-36-18-16-33/h3-10,19H,2,11-18,20H2,1H3. The van der Waals surface area contributed by atoms with E-state index < -0.39 is 0 Å². The smallest absolute Gasteiger partial charge is 0.253 e. The Hall–Kier alpha value is -3.01. The number of amides is 1. The van der Waals surface area contributed by atoms with Crippen LogP contribution in [0, 0.1) is 0 Å². The quantitative estimate of drug-likeness (QED) is 0.227. The molecule has 0 N–H and O–H groups in total. The third-order valence-electron chi connectivity index (χ3n) is 6.64. The van der Waals surface area contributed by atoms with Crippen molar-refractivity contribution >= 4 is 40.8 Å². The van der Waals surface area contributed by atoms with Crippen molar-refractivity contribution in [2.75, 3.05) is 68.9 Å². The van der Waals surface area contributed by atoms with E-state index in [2.05, 4.69) is 25.8 Å². The Morgan fingerprint density at radius 1 is 0.974 bits per heavy atom. The van der Waals surface area contributed by atoms with Crippen molar-refractivity contribution in [2.24, 2.45) is 0 Å². The van der Waals surface area contributed by atoms with Gasteiger partial charge in [0.15, 0.2) is 5.16 Å². The van der Waals surface area contributed by atoms with Crippen LogP contribution in [0.1, 0.15) is 22.8 Å². The molecule has 0 unspecified atom stereocenters. The lowest BCUT2D eigenvalue weighted by Gasteiger charge is -2.36. The Labute approximate surface area is 232 Å². The average Bonchev–Trinajstić information content (AvgIpc) is 2.97. The van der Waals surface area contributed by atoms with Crippen molar-refractivity contribution in [2.45, 2.75) is 17.8 Å². The Morgan fingerprint density at radius 2 is 1.71 bits per heavy atom. The molecule has 1 aromatic heterocycles. The Balaban J connectivity index is 1.15. The average molecular weight is 554 g/mol. The van der Waals surface area contributed by atoms with Gasteiger partial charge in [-0.3, -0.25) is 4.79 Å². The molecule has 2 aliphatic rings. The zero-order valence-electron chi connectivity index (χ0n) is 21.5. The monoisotopic (exact) mass is 553 g/mol. The Kier molecular flexibility index (Phi) is 8.88. The molecule has 2 saturated heterocycles. The maximum Gasteiger partial charge on any atom is 0.253 e. The van der Waals surface area contributed by atoms with Gasteiger partial charge >= 0.3 is 0 Å². The third-order valence-corrected chi connectivity index (χ3v) is 7.75. The summed E-state index contributed by atoms with van der Waals surface area (Å²) >= 11 is 7.81. The number of piperazine rings is 1. The van der Waals surface area contributed by atoms with E-state index in [1.807, 2.05) is 54.3 Å². The number of benzene rings is 2. The lowest BCUT2D eigenvalue weighted by atomic mass is 10.1. The van der Waals surface area contributed by atoms with Gasteiger partial charge in [0.1, 0.15) is 16.7 Å². The molecule has 0 atom stereocenters. The number of anilines is 2. The minimum atomic E-state index is 0.0651. The highest BCUT2D eigenvalue weighted by Crippen LogP contribution is 2.29. The van der Waals surface area contributed by atoms with Gasteiger partial charge in [0, 0.05) is 56.7 Å². The van der Waals surface area contributed by atoms with Crippen LogP contribution in [-0.4, -0.2) is 79.9 Å². The first-order valence-corrected chi connectivity index (χ1v) is 14.3. The normalized spacial score (nSPS) is 16.0. The number of carbonyl (C=O) groups is 1. The zero-order valence-corrected chi connectivity index (χ0v) is 23.1. The predicted octanol–water partition coefficient (Wildman–Crippen LogP) is 4.62. The van der Waals surface area contributed by atoms with Crippen LogP contribution in [0.4, 0.5) is 11.5 Å². The van der Waals surface area contributed by atoms with Gasteiger partial charge < -0.3 is 24.2 Å². The first kappa shape index (κ1) is 26.6. The molecule has 2 aromatic carbocycles. The highest BCUT2D eigenvalue weighted by molar-refractivity contribution is 7.98. The van der Waals surface area contributed by atoms with E-state index >= 15 is 0 Å². The van der Waals surface area contributed by atoms with E-state index in [0.29, 0.717) is 54.5 Å². The highest BCUT2D eigenvalue weighted by Gasteiger charge is 2.24. The molecule has 0 saturated carbocycles. The van der Waals surface area contributed by atoms with E-state index in [4.69, 9.17) is 21.1 Å². The summed E-state index contributed by atoms with van der Waals surface area (Å²) in [6, 6.07) is 17.7. The number of carbonyl (C=O) groups excluding carboxylic acids is 1. The fourth-order valence-corrected chi connectivity index (χ4v) is 5.66. The van der Waals surface area contributed by atoms with Crippen LogP contribution in [0.15, 0.2) is 59.8 Å². The number of rotatable bonds is 8. The van der Waals surface area contributed by atoms with E-state index in [-0.39, 0.29) is 5.91 Å². The summed E-state index contributed by atoms with van der Waals surface area (Å²) in [6.07, 6.45) is 0. The maximum absolute atomic E-state index is 13.2. The molecule has 2 fully saturated rings. The number of halogens is 1. The number of morpholine rings is 1. The van der Waals surface area contributed by atoms with Gasteiger partial charge in [0.25, 0.3) is 5.91 Å². The maximum atomic E-state index is 13.2. The first-order chi connectivity index (χ1) is 18.6. The summed E-state index contributed by atoms with van der Waals surface area (Å²) in [5.41, 5.74) is 2.89. The summed E-state index contributed by atoms with van der Waals surface area (Å²) in [6.45, 7) is 8.48. The van der Waals surface area contributed by atoms with Crippen LogP contribution < -0.4 is 14.5 Å². The van der Waals surface area contributed by atoms with Crippen LogP contribution >= 0.6 is 23.4 Å². The van der Waals surface area contributed by atoms with Gasteiger partial charge in [-0.1, -0.05) is 47.6 Å². The molecule has 8 nitrogen and oxygen atoms in total. The molecule has 200 valence electrons. The van der Waals surface area contributed by atoms with Crippen LogP contribution in [0.25, 0.3) is 0 Å². The molecule has 3 heterocycles. The van der Waals surface area contributed by atoms with Gasteiger partial charge in [-0.2, -0.15) is 0 Å². The molecule has 38 heavy (non-hydrogen) atoms. The van der Waals surface area contributed by atoms with Crippen molar-refractivity contribution in [3.8, 4) is 5.75 Å². The van der Waals surface area contributed by atoms with Crippen LogP contribution in [0.3, 0.4) is 0 Å². The number of aromatic nitrogens is 2. The van der Waals surface area contributed by atoms with E-state index in [9.17, 15) is 4.79 Å². The van der Waals surface area contributed by atoms with Crippen molar-refractivity contribution < 1.29 is 14.3 Å². The number of hydrogen-bond donors (Lipinski definition) is 0. The Bertz CT molecular complexity index is 1230. The number of thioether (sulfide) groups is 1. The molecule has 5 rings (SSSR count). The van der Waals surface area contributed by atoms with Crippen molar-refractivity contribution in [3.63, 3.8) is 0 Å². The molecular weight excluding hydrogens is 522 g/mol. The van der Waals surface area contributed by atoms with Crippen molar-refractivity contribution in [1.82, 2.24) is 14.9 Å². The molecule has 3 aromatic rings. The zero-order chi connectivity index (χ0) is 26.3. The number of para-hydroxylation sites is 2. The van der Waals surface area contributed by atoms with E-state index in [0.717, 1.165) is 49.0 Å². The molecular formula is C28H32ClN5O3S. The van der Waals surface area contributed by atoms with Gasteiger partial charge in [-0.15, -0.1) is 0 Å². The second-order valence-corrected chi connectivity index (χ2v) is 10.4. The lowest BCUT2D eigenvalue weighted by Crippen LogP contribution is -2.48. The number of hydrogen-bond acceptors (Lipinski definition) is 8. The minimum absolute atomic E-state index is 0.0651. The molecule has 0 bridgehead atoms. The molecule has 0 spiro atoms. The molecule has 10 heteroatoms. The number of nitrogens with zero attached hydrogens (tertiary/aromatic N) is 5. The van der Waals surface area contributed by atoms with E-state index in [1.54, 1.807) is 6.07 Å². The van der Waals surface area contributed by atoms with Crippen LogP contribution in [0.2, 0.25) is 5.15 Å². The second kappa shape index (κ2) is 12.7. The summed E-state index contributed by atoms with van der Waals surface area (Å²) in [5, 5.41) is 1.08. The SMILES string of the molecule is CCOc1ccccc1N1CCN(C(=O)c2ccc(CSc3nc(Cl)cc(N4CCOCC4)n3)cc2)CC1. The summed E-state index contributed by atoms with van der Waals surface area (Å²) < 4.78 is 11.2. The second-order valence-electron chi connectivity index (χ2n) is 9.10. The fourth-order valence-electron chi connectivity index (χ4n) is 4.62. The Morgan fingerprint density at radius 3 is 2.45 bits per heavy atom. The summed E-state index contributed by atoms with van der Waals surface area (Å²) in [5.74, 6) is 2.48. The van der Waals surface area contributed by atoms with E-state index in [1.165, 1.54) is 11.8 Å². The third kappa shape index (κ3) is 6.51. The highest BCUT2D eigenvalue weighted by atomic mass is 35.5. The van der Waals surface area contributed by atoms with Gasteiger partial charge in [0.05, 0.1) is 25.5 Å². The summed E-state index contributed by atoms with van der Waals surface area (Å²) in [4.78, 5) is 28.6. The summed E-state index contributed by atoms with van der Waals surface area (Å²) in [7, 11) is 0. The van der Waals surface area contributed by atoms with Crippen molar-refractivity contribution in [1.29, 1.82) is 0 Å². The minimum Gasteiger partial charge on any atom is -0.492 e. The topological polar surface area (TPSA) is 71.0 Å². The van der Waals surface area contributed by atoms with Crippen LogP contribution in [-0.2, 0) is 10.5 Å². The molecule has 0 radical (unpaired) electrons. The molecule has 0 aliphatic carbocycles. The lowest BCUT2D eigenvalue weighted by molar-refractivity contribution is 0.0746. The molecule has 2 aliphatic heterocycles. The van der Waals surface area contributed by atoms with Gasteiger partial charge in [0.2, 0.25) is 0 Å². The van der Waals surface area contributed by atoms with Gasteiger partial charge in [-0.25, -0.2) is 9.97 Å². The van der Waals surface area contributed by atoms with Crippen molar-refractivity contribution in [3.05, 3.63) is 70.9 Å². The molecule has 1 amide bonds. The first-order valence-electron chi connectivity index (χ1n) is 13.0. The van der Waals surface area contributed by atoms with Gasteiger partial charge in [-0.05, 0) is 36.8 Å².